The number of benzene rings is 3. The minimum absolute atomic E-state index is 0.00438. The van der Waals surface area contributed by atoms with Crippen LogP contribution in [0.1, 0.15) is 22.6 Å². The Morgan fingerprint density at radius 1 is 0.824 bits per heavy atom. The predicted molar refractivity (Wildman–Crippen MR) is 122 cm³/mol. The maximum absolute atomic E-state index is 12.2. The summed E-state index contributed by atoms with van der Waals surface area (Å²) in [5.41, 5.74) is 5.18. The van der Waals surface area contributed by atoms with Gasteiger partial charge in [0.15, 0.2) is 6.61 Å². The normalized spacial score (nSPS) is 11.8. The van der Waals surface area contributed by atoms with E-state index < -0.39 is 24.6 Å². The second-order valence-corrected chi connectivity index (χ2v) is 7.67. The fourth-order valence-corrected chi connectivity index (χ4v) is 3.84. The summed E-state index contributed by atoms with van der Waals surface area (Å²) < 4.78 is 15.6. The average Bonchev–Trinajstić information content (AvgIpc) is 3.18. The first kappa shape index (κ1) is 22.8. The fourth-order valence-electron chi connectivity index (χ4n) is 3.84. The molecule has 174 valence electrons. The Labute approximate surface area is 196 Å². The molecule has 0 saturated heterocycles. The first-order valence-electron chi connectivity index (χ1n) is 10.7. The van der Waals surface area contributed by atoms with Gasteiger partial charge in [-0.1, -0.05) is 60.7 Å². The summed E-state index contributed by atoms with van der Waals surface area (Å²) in [7, 11) is 0. The number of carboxylic acid groups (broad SMARTS) is 1. The van der Waals surface area contributed by atoms with Crippen molar-refractivity contribution in [2.75, 3.05) is 19.8 Å². The number of hydrogen-bond acceptors (Lipinski definition) is 6. The number of ether oxygens (including phenoxy) is 3. The van der Waals surface area contributed by atoms with Gasteiger partial charge in [0.05, 0.1) is 0 Å². The highest BCUT2D eigenvalue weighted by molar-refractivity contribution is 5.80. The van der Waals surface area contributed by atoms with Crippen LogP contribution in [0.3, 0.4) is 0 Å². The number of esters is 1. The van der Waals surface area contributed by atoms with E-state index in [9.17, 15) is 14.4 Å². The molecule has 0 radical (unpaired) electrons. The maximum Gasteiger partial charge on any atom is 0.407 e. The van der Waals surface area contributed by atoms with Crippen LogP contribution in [-0.2, 0) is 25.7 Å². The molecule has 4 rings (SSSR count). The molecule has 3 aromatic carbocycles. The molecular weight excluding hydrogens is 438 g/mol. The van der Waals surface area contributed by atoms with Gasteiger partial charge in [0.25, 0.3) is 0 Å². The number of carboxylic acids is 1. The van der Waals surface area contributed by atoms with Gasteiger partial charge in [0.2, 0.25) is 0 Å². The second-order valence-electron chi connectivity index (χ2n) is 7.67. The SMILES string of the molecule is O=C(O)COc1ccc(COC(=O)CNC(=O)OCC2c3ccccc3-c3ccccc32)cc1. The van der Waals surface area contributed by atoms with Gasteiger partial charge >= 0.3 is 18.0 Å². The van der Waals surface area contributed by atoms with E-state index >= 15 is 0 Å². The van der Waals surface area contributed by atoms with Crippen LogP contribution < -0.4 is 10.1 Å². The van der Waals surface area contributed by atoms with E-state index in [0.717, 1.165) is 22.3 Å². The van der Waals surface area contributed by atoms with Crippen LogP contribution in [0.5, 0.6) is 5.75 Å². The Balaban J connectivity index is 1.21. The van der Waals surface area contributed by atoms with Crippen molar-refractivity contribution in [2.24, 2.45) is 0 Å². The summed E-state index contributed by atoms with van der Waals surface area (Å²) >= 11 is 0. The first-order valence-corrected chi connectivity index (χ1v) is 10.7. The van der Waals surface area contributed by atoms with Crippen LogP contribution in [0, 0.1) is 0 Å². The highest BCUT2D eigenvalue weighted by atomic mass is 16.6. The van der Waals surface area contributed by atoms with E-state index in [2.05, 4.69) is 17.4 Å². The van der Waals surface area contributed by atoms with Gasteiger partial charge in [-0.15, -0.1) is 0 Å². The number of aliphatic carboxylic acids is 1. The molecule has 1 aliphatic rings. The molecule has 0 unspecified atom stereocenters. The van der Waals surface area contributed by atoms with Crippen LogP contribution >= 0.6 is 0 Å². The summed E-state index contributed by atoms with van der Waals surface area (Å²) in [5, 5.41) is 11.0. The van der Waals surface area contributed by atoms with Crippen molar-refractivity contribution in [3.8, 4) is 16.9 Å². The maximum atomic E-state index is 12.2. The lowest BCUT2D eigenvalue weighted by molar-refractivity contribution is -0.143. The number of fused-ring (bicyclic) bond motifs is 3. The van der Waals surface area contributed by atoms with Gasteiger partial charge in [-0.25, -0.2) is 9.59 Å². The molecule has 2 N–H and O–H groups in total. The van der Waals surface area contributed by atoms with Crippen molar-refractivity contribution in [3.63, 3.8) is 0 Å². The zero-order chi connectivity index (χ0) is 23.9. The summed E-state index contributed by atoms with van der Waals surface area (Å²) in [5.74, 6) is -1.34. The Kier molecular flexibility index (Phi) is 7.07. The smallest absolute Gasteiger partial charge is 0.407 e. The lowest BCUT2D eigenvalue weighted by Crippen LogP contribution is -2.32. The Morgan fingerprint density at radius 2 is 1.44 bits per heavy atom. The van der Waals surface area contributed by atoms with Crippen molar-refractivity contribution in [3.05, 3.63) is 89.5 Å². The van der Waals surface area contributed by atoms with Gasteiger partial charge in [0, 0.05) is 5.92 Å². The van der Waals surface area contributed by atoms with Gasteiger partial charge < -0.3 is 24.6 Å². The van der Waals surface area contributed by atoms with Crippen LogP contribution in [-0.4, -0.2) is 42.9 Å². The molecule has 0 spiro atoms. The summed E-state index contributed by atoms with van der Waals surface area (Å²) in [6.45, 7) is -0.595. The third kappa shape index (κ3) is 5.53. The molecule has 0 heterocycles. The van der Waals surface area contributed by atoms with Crippen LogP contribution in [0.2, 0.25) is 0 Å². The standard InChI is InChI=1S/C26H23NO7/c28-24(29)16-32-18-11-9-17(10-12-18)14-33-25(30)13-27-26(31)34-15-23-21-7-3-1-5-19(21)20-6-2-4-8-22(20)23/h1-12,23H,13-16H2,(H,27,31)(H,28,29). The number of alkyl carbamates (subject to hydrolysis) is 1. The third-order valence-corrected chi connectivity index (χ3v) is 5.41. The van der Waals surface area contributed by atoms with Crippen LogP contribution in [0.15, 0.2) is 72.8 Å². The van der Waals surface area contributed by atoms with Crippen molar-refractivity contribution >= 4 is 18.0 Å². The molecule has 0 aliphatic heterocycles. The highest BCUT2D eigenvalue weighted by Crippen LogP contribution is 2.44. The zero-order valence-electron chi connectivity index (χ0n) is 18.2. The van der Waals surface area contributed by atoms with Gasteiger partial charge in [-0.05, 0) is 39.9 Å². The quantitative estimate of drug-likeness (QED) is 0.467. The minimum atomic E-state index is -1.07. The zero-order valence-corrected chi connectivity index (χ0v) is 18.2. The molecule has 0 saturated carbocycles. The summed E-state index contributed by atoms with van der Waals surface area (Å²) in [4.78, 5) is 34.6. The van der Waals surface area contributed by atoms with Crippen molar-refractivity contribution < 1.29 is 33.7 Å². The van der Waals surface area contributed by atoms with Crippen LogP contribution in [0.25, 0.3) is 11.1 Å². The first-order chi connectivity index (χ1) is 16.5. The van der Waals surface area contributed by atoms with Gasteiger partial charge in [-0.2, -0.15) is 0 Å². The molecule has 1 aliphatic carbocycles. The van der Waals surface area contributed by atoms with E-state index in [0.29, 0.717) is 11.3 Å². The fraction of sp³-hybridized carbons (Fsp3) is 0.192. The summed E-state index contributed by atoms with van der Waals surface area (Å²) in [6.07, 6.45) is -0.696. The summed E-state index contributed by atoms with van der Waals surface area (Å²) in [6, 6.07) is 22.6. The molecule has 0 aromatic heterocycles. The number of hydrogen-bond donors (Lipinski definition) is 2. The Bertz CT molecular complexity index is 1140. The Hall–Kier alpha value is -4.33. The molecule has 8 nitrogen and oxygen atoms in total. The molecule has 3 aromatic rings. The van der Waals surface area contributed by atoms with E-state index in [-0.39, 0.29) is 25.7 Å². The third-order valence-electron chi connectivity index (χ3n) is 5.41. The molecular formula is C26H23NO7. The monoisotopic (exact) mass is 461 g/mol. The molecule has 0 bridgehead atoms. The van der Waals surface area contributed by atoms with E-state index in [4.69, 9.17) is 19.3 Å². The molecule has 34 heavy (non-hydrogen) atoms. The molecule has 8 heteroatoms. The minimum Gasteiger partial charge on any atom is -0.482 e. The van der Waals surface area contributed by atoms with Gasteiger partial charge in [0.1, 0.15) is 25.5 Å². The Morgan fingerprint density at radius 3 is 2.06 bits per heavy atom. The van der Waals surface area contributed by atoms with Crippen molar-refractivity contribution in [1.82, 2.24) is 5.32 Å². The highest BCUT2D eigenvalue weighted by Gasteiger charge is 2.29. The van der Waals surface area contributed by atoms with Crippen LogP contribution in [0.4, 0.5) is 4.79 Å². The van der Waals surface area contributed by atoms with E-state index in [1.807, 2.05) is 36.4 Å². The topological polar surface area (TPSA) is 111 Å². The van der Waals surface area contributed by atoms with E-state index in [1.165, 1.54) is 0 Å². The van der Waals surface area contributed by atoms with Gasteiger partial charge in [-0.3, -0.25) is 4.79 Å². The average molecular weight is 461 g/mol. The number of carbonyl (C=O) groups is 3. The number of amides is 1. The molecule has 1 amide bonds. The second kappa shape index (κ2) is 10.5. The number of carbonyl (C=O) groups excluding carboxylic acids is 2. The lowest BCUT2D eigenvalue weighted by Gasteiger charge is -2.14. The lowest BCUT2D eigenvalue weighted by atomic mass is 9.98. The number of rotatable bonds is 9. The predicted octanol–water partition coefficient (Wildman–Crippen LogP) is 3.73. The van der Waals surface area contributed by atoms with Crippen molar-refractivity contribution in [1.29, 1.82) is 0 Å². The molecule has 0 fully saturated rings. The largest absolute Gasteiger partial charge is 0.482 e. The number of nitrogens with one attached hydrogen (secondary N) is 1. The van der Waals surface area contributed by atoms with Crippen molar-refractivity contribution in [2.45, 2.75) is 12.5 Å². The van der Waals surface area contributed by atoms with E-state index in [1.54, 1.807) is 24.3 Å². The molecule has 0 atom stereocenters.